The Morgan fingerprint density at radius 2 is 1.59 bits per heavy atom. The van der Waals surface area contributed by atoms with Gasteiger partial charge >= 0.3 is 5.97 Å². The molecule has 2 rings (SSSR count). The Hall–Kier alpha value is -3.15. The number of amides is 2. The van der Waals surface area contributed by atoms with Gasteiger partial charge in [0.2, 0.25) is 5.91 Å². The van der Waals surface area contributed by atoms with Crippen molar-refractivity contribution in [2.45, 2.75) is 39.2 Å². The predicted octanol–water partition coefficient (Wildman–Crippen LogP) is 2.91. The average molecular weight is 396 g/mol. The molecular weight excluding hydrogens is 368 g/mol. The monoisotopic (exact) mass is 396 g/mol. The quantitative estimate of drug-likeness (QED) is 0.639. The lowest BCUT2D eigenvalue weighted by atomic mass is 9.82. The topological polar surface area (TPSA) is 95.5 Å². The summed E-state index contributed by atoms with van der Waals surface area (Å²) in [4.78, 5) is 37.2. The lowest BCUT2D eigenvalue weighted by molar-refractivity contribution is -0.143. The van der Waals surface area contributed by atoms with Crippen LogP contribution in [0.5, 0.6) is 0 Å². The molecular formula is C23H28N2O4. The normalized spacial score (nSPS) is 14.0. The van der Waals surface area contributed by atoms with Gasteiger partial charge in [0, 0.05) is 12.1 Å². The summed E-state index contributed by atoms with van der Waals surface area (Å²) in [5, 5.41) is 15.2. The largest absolute Gasteiger partial charge is 0.481 e. The molecule has 0 aliphatic heterocycles. The second-order valence-electron chi connectivity index (χ2n) is 7.78. The van der Waals surface area contributed by atoms with Gasteiger partial charge in [-0.1, -0.05) is 61.9 Å². The van der Waals surface area contributed by atoms with Gasteiger partial charge in [-0.25, -0.2) is 0 Å². The fourth-order valence-corrected chi connectivity index (χ4v) is 2.95. The van der Waals surface area contributed by atoms with Crippen molar-refractivity contribution < 1.29 is 19.5 Å². The minimum atomic E-state index is -1.28. The first kappa shape index (κ1) is 22.1. The zero-order valence-corrected chi connectivity index (χ0v) is 17.2. The Morgan fingerprint density at radius 3 is 2.10 bits per heavy atom. The maximum atomic E-state index is 12.8. The smallest absolute Gasteiger partial charge is 0.315 e. The van der Waals surface area contributed by atoms with E-state index < -0.39 is 23.3 Å². The summed E-state index contributed by atoms with van der Waals surface area (Å²) in [6.45, 7) is 7.06. The number of nitrogens with one attached hydrogen (secondary N) is 2. The SMILES string of the molecule is Cc1ccc(C(=O)NC(C(=O)NCC(C)(C(=O)O)c2ccccc2)C(C)C)cc1. The predicted molar refractivity (Wildman–Crippen MR) is 112 cm³/mol. The molecule has 0 heterocycles. The van der Waals surface area contributed by atoms with Gasteiger partial charge in [-0.2, -0.15) is 0 Å². The lowest BCUT2D eigenvalue weighted by Gasteiger charge is -2.28. The van der Waals surface area contributed by atoms with Gasteiger partial charge in [0.1, 0.15) is 11.5 Å². The molecule has 0 aliphatic rings. The van der Waals surface area contributed by atoms with Crippen molar-refractivity contribution in [1.29, 1.82) is 0 Å². The number of carbonyl (C=O) groups is 3. The van der Waals surface area contributed by atoms with Crippen LogP contribution >= 0.6 is 0 Å². The number of hydrogen-bond acceptors (Lipinski definition) is 3. The van der Waals surface area contributed by atoms with E-state index in [1.807, 2.05) is 32.9 Å². The maximum Gasteiger partial charge on any atom is 0.315 e. The molecule has 29 heavy (non-hydrogen) atoms. The van der Waals surface area contributed by atoms with Crippen molar-refractivity contribution >= 4 is 17.8 Å². The first-order chi connectivity index (χ1) is 13.6. The number of carboxylic acid groups (broad SMARTS) is 1. The number of carboxylic acids is 1. The molecule has 2 amide bonds. The number of benzene rings is 2. The summed E-state index contributed by atoms with van der Waals surface area (Å²) in [6.07, 6.45) is 0. The Morgan fingerprint density at radius 1 is 1.00 bits per heavy atom. The van der Waals surface area contributed by atoms with Crippen LogP contribution in [0.25, 0.3) is 0 Å². The Labute approximate surface area is 171 Å². The first-order valence-electron chi connectivity index (χ1n) is 9.59. The van der Waals surface area contributed by atoms with Crippen LogP contribution in [0, 0.1) is 12.8 Å². The van der Waals surface area contributed by atoms with Crippen LogP contribution < -0.4 is 10.6 Å². The average Bonchev–Trinajstić information content (AvgIpc) is 2.70. The summed E-state index contributed by atoms with van der Waals surface area (Å²) in [7, 11) is 0. The second-order valence-corrected chi connectivity index (χ2v) is 7.78. The highest BCUT2D eigenvalue weighted by Crippen LogP contribution is 2.23. The van der Waals surface area contributed by atoms with Gasteiger partial charge in [-0.15, -0.1) is 0 Å². The summed E-state index contributed by atoms with van der Waals surface area (Å²) >= 11 is 0. The molecule has 0 bridgehead atoms. The number of aryl methyl sites for hydroxylation is 1. The molecule has 2 aromatic carbocycles. The summed E-state index contributed by atoms with van der Waals surface area (Å²) < 4.78 is 0. The van der Waals surface area contributed by atoms with Gasteiger partial charge in [-0.05, 0) is 37.5 Å². The van der Waals surface area contributed by atoms with Gasteiger partial charge < -0.3 is 15.7 Å². The standard InChI is InChI=1S/C23H28N2O4/c1-15(2)19(25-20(26)17-12-10-16(3)11-13-17)21(27)24-14-23(4,22(28)29)18-8-6-5-7-9-18/h5-13,15,19H,14H2,1-4H3,(H,24,27)(H,25,26)(H,28,29). The van der Waals surface area contributed by atoms with E-state index in [9.17, 15) is 19.5 Å². The van der Waals surface area contributed by atoms with E-state index in [-0.39, 0.29) is 18.4 Å². The van der Waals surface area contributed by atoms with Gasteiger partial charge in [0.05, 0.1) is 0 Å². The fourth-order valence-electron chi connectivity index (χ4n) is 2.95. The van der Waals surface area contributed by atoms with Crippen LogP contribution in [0.3, 0.4) is 0 Å². The van der Waals surface area contributed by atoms with E-state index in [1.165, 1.54) is 0 Å². The van der Waals surface area contributed by atoms with Crippen molar-refractivity contribution in [3.63, 3.8) is 0 Å². The number of rotatable bonds is 8. The van der Waals surface area contributed by atoms with Crippen LogP contribution in [-0.2, 0) is 15.0 Å². The molecule has 0 saturated carbocycles. The Kier molecular flexibility index (Phi) is 7.15. The van der Waals surface area contributed by atoms with Gasteiger partial charge in [-0.3, -0.25) is 14.4 Å². The van der Waals surface area contributed by atoms with Crippen LogP contribution in [0.1, 0.15) is 42.3 Å². The highest BCUT2D eigenvalue weighted by molar-refractivity contribution is 5.97. The van der Waals surface area contributed by atoms with Crippen LogP contribution in [0.15, 0.2) is 54.6 Å². The summed E-state index contributed by atoms with van der Waals surface area (Å²) in [5.41, 5.74) is 0.819. The molecule has 0 radical (unpaired) electrons. The summed E-state index contributed by atoms with van der Waals surface area (Å²) in [6, 6.07) is 15.1. The van der Waals surface area contributed by atoms with E-state index in [1.54, 1.807) is 49.4 Å². The van der Waals surface area contributed by atoms with Crippen LogP contribution in [-0.4, -0.2) is 35.5 Å². The molecule has 0 aliphatic carbocycles. The molecule has 6 nitrogen and oxygen atoms in total. The molecule has 154 valence electrons. The van der Waals surface area contributed by atoms with Crippen molar-refractivity contribution in [2.24, 2.45) is 5.92 Å². The minimum absolute atomic E-state index is 0.0885. The van der Waals surface area contributed by atoms with Crippen molar-refractivity contribution in [2.75, 3.05) is 6.54 Å². The van der Waals surface area contributed by atoms with Crippen molar-refractivity contribution in [3.8, 4) is 0 Å². The number of hydrogen-bond donors (Lipinski definition) is 3. The third-order valence-corrected chi connectivity index (χ3v) is 5.05. The fraction of sp³-hybridized carbons (Fsp3) is 0.348. The Balaban J connectivity index is 2.11. The Bertz CT molecular complexity index is 862. The second kappa shape index (κ2) is 9.37. The highest BCUT2D eigenvalue weighted by Gasteiger charge is 2.36. The maximum absolute atomic E-state index is 12.8. The third-order valence-electron chi connectivity index (χ3n) is 5.05. The highest BCUT2D eigenvalue weighted by atomic mass is 16.4. The molecule has 3 N–H and O–H groups in total. The molecule has 0 saturated heterocycles. The first-order valence-corrected chi connectivity index (χ1v) is 9.59. The number of aliphatic carboxylic acids is 1. The molecule has 2 atom stereocenters. The van der Waals surface area contributed by atoms with E-state index in [4.69, 9.17) is 0 Å². The van der Waals surface area contributed by atoms with Crippen LogP contribution in [0.2, 0.25) is 0 Å². The van der Waals surface area contributed by atoms with E-state index in [0.717, 1.165) is 5.56 Å². The summed E-state index contributed by atoms with van der Waals surface area (Å²) in [5.74, 6) is -1.96. The zero-order valence-electron chi connectivity index (χ0n) is 17.2. The lowest BCUT2D eigenvalue weighted by Crippen LogP contribution is -2.53. The zero-order chi connectivity index (χ0) is 21.6. The van der Waals surface area contributed by atoms with E-state index in [2.05, 4.69) is 10.6 Å². The molecule has 0 fully saturated rings. The van der Waals surface area contributed by atoms with Gasteiger partial charge in [0.25, 0.3) is 5.91 Å². The molecule has 0 aromatic heterocycles. The van der Waals surface area contributed by atoms with Crippen LogP contribution in [0.4, 0.5) is 0 Å². The van der Waals surface area contributed by atoms with Crippen molar-refractivity contribution in [1.82, 2.24) is 10.6 Å². The molecule has 0 spiro atoms. The molecule has 2 unspecified atom stereocenters. The van der Waals surface area contributed by atoms with E-state index in [0.29, 0.717) is 11.1 Å². The third kappa shape index (κ3) is 5.44. The van der Waals surface area contributed by atoms with E-state index >= 15 is 0 Å². The molecule has 6 heteroatoms. The molecule has 2 aromatic rings. The minimum Gasteiger partial charge on any atom is -0.481 e. The number of carbonyl (C=O) groups excluding carboxylic acids is 2. The van der Waals surface area contributed by atoms with Gasteiger partial charge in [0.15, 0.2) is 0 Å². The van der Waals surface area contributed by atoms with Crippen molar-refractivity contribution in [3.05, 3.63) is 71.3 Å².